The van der Waals surface area contributed by atoms with Crippen LogP contribution in [0.3, 0.4) is 0 Å². The van der Waals surface area contributed by atoms with Crippen LogP contribution in [0.5, 0.6) is 5.75 Å². The molecule has 34 heavy (non-hydrogen) atoms. The van der Waals surface area contributed by atoms with Crippen LogP contribution in [0, 0.1) is 17.2 Å². The zero-order valence-electron chi connectivity index (χ0n) is 19.5. The summed E-state index contributed by atoms with van der Waals surface area (Å²) >= 11 is 0. The lowest BCUT2D eigenvalue weighted by atomic mass is 9.99. The Morgan fingerprint density at radius 1 is 1.21 bits per heavy atom. The Labute approximate surface area is 199 Å². The molecule has 0 bridgehead atoms. The summed E-state index contributed by atoms with van der Waals surface area (Å²) in [5.41, 5.74) is 2.95. The topological polar surface area (TPSA) is 103 Å². The molecule has 0 aliphatic carbocycles. The second-order valence-electron chi connectivity index (χ2n) is 8.52. The molecule has 0 radical (unpaired) electrons. The van der Waals surface area contributed by atoms with E-state index in [9.17, 15) is 10.1 Å². The van der Waals surface area contributed by atoms with Crippen LogP contribution < -0.4 is 20.5 Å². The summed E-state index contributed by atoms with van der Waals surface area (Å²) in [6.45, 7) is 2.91. The standard InChI is InChI=1S/C26H29N5O3/c1-30(17-19-11-12-28-16-19)26-29-24(21-5-3-18(15-27)4-6-21)23(25(33)31(26)2)20-7-9-22(10-8-20)34-14-13-32/h3-10,19,28,32H,11-14,16-17H2,1-2H3. The molecular formula is C26H29N5O3. The molecular weight excluding hydrogens is 430 g/mol. The Balaban J connectivity index is 1.81. The average Bonchev–Trinajstić information content (AvgIpc) is 3.37. The van der Waals surface area contributed by atoms with Crippen molar-refractivity contribution in [2.75, 3.05) is 44.8 Å². The summed E-state index contributed by atoms with van der Waals surface area (Å²) in [6.07, 6.45) is 1.10. The summed E-state index contributed by atoms with van der Waals surface area (Å²) in [4.78, 5) is 20.7. The maximum atomic E-state index is 13.7. The molecule has 1 aromatic heterocycles. The number of hydrogen-bond acceptors (Lipinski definition) is 7. The van der Waals surface area contributed by atoms with E-state index in [2.05, 4.69) is 11.4 Å². The van der Waals surface area contributed by atoms with E-state index in [4.69, 9.17) is 14.8 Å². The van der Waals surface area contributed by atoms with Gasteiger partial charge in [0.1, 0.15) is 12.4 Å². The third-order valence-corrected chi connectivity index (χ3v) is 6.09. The highest BCUT2D eigenvalue weighted by atomic mass is 16.5. The van der Waals surface area contributed by atoms with Crippen LogP contribution in [0.15, 0.2) is 53.3 Å². The van der Waals surface area contributed by atoms with E-state index < -0.39 is 0 Å². The Morgan fingerprint density at radius 2 is 1.91 bits per heavy atom. The van der Waals surface area contributed by atoms with Gasteiger partial charge in [0.05, 0.1) is 29.5 Å². The number of rotatable bonds is 8. The number of aliphatic hydroxyl groups is 1. The third kappa shape index (κ3) is 4.96. The first-order chi connectivity index (χ1) is 16.5. The number of benzene rings is 2. The van der Waals surface area contributed by atoms with Gasteiger partial charge in [0, 0.05) is 26.2 Å². The first-order valence-electron chi connectivity index (χ1n) is 11.4. The number of nitrogens with one attached hydrogen (secondary N) is 1. The van der Waals surface area contributed by atoms with E-state index in [-0.39, 0.29) is 18.8 Å². The van der Waals surface area contributed by atoms with Gasteiger partial charge in [-0.2, -0.15) is 5.26 Å². The van der Waals surface area contributed by atoms with E-state index in [1.807, 2.05) is 36.2 Å². The smallest absolute Gasteiger partial charge is 0.263 e. The number of nitrogens with zero attached hydrogens (tertiary/aromatic N) is 4. The SMILES string of the molecule is CN(CC1CCNC1)c1nc(-c2ccc(C#N)cc2)c(-c2ccc(OCCO)cc2)c(=O)n1C. The minimum absolute atomic E-state index is 0.0685. The second-order valence-corrected chi connectivity index (χ2v) is 8.52. The molecule has 1 unspecified atom stereocenters. The number of aromatic nitrogens is 2. The fraction of sp³-hybridized carbons (Fsp3) is 0.346. The van der Waals surface area contributed by atoms with Crippen LogP contribution in [0.2, 0.25) is 0 Å². The van der Waals surface area contributed by atoms with Gasteiger partial charge in [-0.1, -0.05) is 24.3 Å². The highest BCUT2D eigenvalue weighted by Crippen LogP contribution is 2.31. The lowest BCUT2D eigenvalue weighted by Crippen LogP contribution is -2.34. The van der Waals surface area contributed by atoms with Gasteiger partial charge in [-0.3, -0.25) is 9.36 Å². The lowest BCUT2D eigenvalue weighted by Gasteiger charge is -2.25. The maximum Gasteiger partial charge on any atom is 0.263 e. The predicted octanol–water partition coefficient (Wildman–Crippen LogP) is 2.40. The molecule has 0 saturated carbocycles. The summed E-state index contributed by atoms with van der Waals surface area (Å²) in [6, 6.07) is 16.5. The number of aliphatic hydroxyl groups excluding tert-OH is 1. The van der Waals surface area contributed by atoms with Gasteiger partial charge in [-0.15, -0.1) is 0 Å². The van der Waals surface area contributed by atoms with Crippen molar-refractivity contribution in [2.45, 2.75) is 6.42 Å². The second kappa shape index (κ2) is 10.5. The normalized spacial score (nSPS) is 15.2. The first kappa shape index (κ1) is 23.5. The Morgan fingerprint density at radius 3 is 2.53 bits per heavy atom. The molecule has 1 saturated heterocycles. The van der Waals surface area contributed by atoms with Gasteiger partial charge >= 0.3 is 0 Å². The molecule has 176 valence electrons. The van der Waals surface area contributed by atoms with Crippen LogP contribution in [-0.4, -0.2) is 54.6 Å². The number of ether oxygens (including phenoxy) is 1. The fourth-order valence-corrected chi connectivity index (χ4v) is 4.32. The minimum atomic E-state index is -0.148. The molecule has 3 aromatic rings. The molecule has 8 heteroatoms. The van der Waals surface area contributed by atoms with Gasteiger partial charge < -0.3 is 20.1 Å². The van der Waals surface area contributed by atoms with Gasteiger partial charge in [-0.05, 0) is 55.3 Å². The quantitative estimate of drug-likeness (QED) is 0.533. The Kier molecular flexibility index (Phi) is 7.26. The van der Waals surface area contributed by atoms with Crippen LogP contribution >= 0.6 is 0 Å². The number of nitriles is 1. The zero-order chi connectivity index (χ0) is 24.1. The Hall–Kier alpha value is -3.67. The third-order valence-electron chi connectivity index (χ3n) is 6.09. The molecule has 8 nitrogen and oxygen atoms in total. The maximum absolute atomic E-state index is 13.7. The van der Waals surface area contributed by atoms with Crippen molar-refractivity contribution in [3.63, 3.8) is 0 Å². The molecule has 2 aromatic carbocycles. The Bertz CT molecular complexity index is 1220. The van der Waals surface area contributed by atoms with Gasteiger partial charge in [0.2, 0.25) is 5.95 Å². The van der Waals surface area contributed by atoms with Crippen LogP contribution in [0.4, 0.5) is 5.95 Å². The largest absolute Gasteiger partial charge is 0.491 e. The number of hydrogen-bond donors (Lipinski definition) is 2. The number of anilines is 1. The van der Waals surface area contributed by atoms with Crippen LogP contribution in [0.1, 0.15) is 12.0 Å². The fourth-order valence-electron chi connectivity index (χ4n) is 4.32. The van der Waals surface area contributed by atoms with E-state index in [0.29, 0.717) is 34.4 Å². The monoisotopic (exact) mass is 459 g/mol. The van der Waals surface area contributed by atoms with E-state index >= 15 is 0 Å². The van der Waals surface area contributed by atoms with Crippen molar-refractivity contribution >= 4 is 5.95 Å². The summed E-state index contributed by atoms with van der Waals surface area (Å²) in [5.74, 6) is 1.72. The summed E-state index contributed by atoms with van der Waals surface area (Å²) < 4.78 is 7.06. The molecule has 0 amide bonds. The molecule has 1 aliphatic rings. The molecule has 1 aliphatic heterocycles. The predicted molar refractivity (Wildman–Crippen MR) is 132 cm³/mol. The molecule has 1 fully saturated rings. The minimum Gasteiger partial charge on any atom is -0.491 e. The molecule has 0 spiro atoms. The van der Waals surface area contributed by atoms with Crippen molar-refractivity contribution in [3.8, 4) is 34.2 Å². The van der Waals surface area contributed by atoms with Gasteiger partial charge in [-0.25, -0.2) is 4.98 Å². The van der Waals surface area contributed by atoms with Crippen LogP contribution in [0.25, 0.3) is 22.4 Å². The van der Waals surface area contributed by atoms with Gasteiger partial charge in [0.25, 0.3) is 5.56 Å². The molecule has 2 heterocycles. The van der Waals surface area contributed by atoms with Crippen molar-refractivity contribution in [3.05, 3.63) is 64.4 Å². The van der Waals surface area contributed by atoms with Gasteiger partial charge in [0.15, 0.2) is 0 Å². The molecule has 1 atom stereocenters. The highest BCUT2D eigenvalue weighted by molar-refractivity contribution is 5.81. The van der Waals surface area contributed by atoms with Crippen molar-refractivity contribution in [1.29, 1.82) is 5.26 Å². The summed E-state index contributed by atoms with van der Waals surface area (Å²) in [5, 5.41) is 21.6. The van der Waals surface area contributed by atoms with Crippen molar-refractivity contribution in [2.24, 2.45) is 13.0 Å². The molecule has 4 rings (SSSR count). The van der Waals surface area contributed by atoms with E-state index in [1.165, 1.54) is 0 Å². The van der Waals surface area contributed by atoms with Crippen molar-refractivity contribution in [1.82, 2.24) is 14.9 Å². The lowest BCUT2D eigenvalue weighted by molar-refractivity contribution is 0.201. The molecule has 2 N–H and O–H groups in total. The first-order valence-corrected chi connectivity index (χ1v) is 11.4. The highest BCUT2D eigenvalue weighted by Gasteiger charge is 2.23. The summed E-state index contributed by atoms with van der Waals surface area (Å²) in [7, 11) is 3.72. The average molecular weight is 460 g/mol. The van der Waals surface area contributed by atoms with E-state index in [1.54, 1.807) is 35.9 Å². The van der Waals surface area contributed by atoms with Crippen molar-refractivity contribution < 1.29 is 9.84 Å². The van der Waals surface area contributed by atoms with Crippen LogP contribution in [-0.2, 0) is 7.05 Å². The zero-order valence-corrected chi connectivity index (χ0v) is 19.5. The van der Waals surface area contributed by atoms with E-state index in [0.717, 1.165) is 37.2 Å².